The normalized spacial score (nSPS) is 16.7. The van der Waals surface area contributed by atoms with E-state index in [0.29, 0.717) is 12.8 Å². The molecule has 1 aliphatic heterocycles. The highest BCUT2D eigenvalue weighted by Crippen LogP contribution is 2.30. The molecule has 1 heterocycles. The van der Waals surface area contributed by atoms with Crippen molar-refractivity contribution in [2.24, 2.45) is 10.8 Å². The van der Waals surface area contributed by atoms with E-state index in [0.717, 1.165) is 68.9 Å². The second-order valence-electron chi connectivity index (χ2n) is 8.96. The van der Waals surface area contributed by atoms with Crippen molar-refractivity contribution in [2.45, 2.75) is 44.2 Å². The summed E-state index contributed by atoms with van der Waals surface area (Å²) in [6.07, 6.45) is 8.72. The van der Waals surface area contributed by atoms with Crippen LogP contribution in [0.2, 0.25) is 0 Å². The molecule has 1 aromatic rings. The first-order valence-corrected chi connectivity index (χ1v) is 12.0. The van der Waals surface area contributed by atoms with Gasteiger partial charge in [0.2, 0.25) is 0 Å². The predicted octanol–water partition coefficient (Wildman–Crippen LogP) is 2.37. The molecule has 0 aliphatic carbocycles. The van der Waals surface area contributed by atoms with Crippen molar-refractivity contribution in [1.29, 1.82) is 0 Å². The topological polar surface area (TPSA) is 101 Å². The van der Waals surface area contributed by atoms with Crippen molar-refractivity contribution in [1.82, 2.24) is 25.9 Å². The maximum Gasteiger partial charge on any atom is 0.0920 e. The molecule has 0 saturated carbocycles. The van der Waals surface area contributed by atoms with Gasteiger partial charge in [0.15, 0.2) is 0 Å². The number of hydrazine groups is 1. The summed E-state index contributed by atoms with van der Waals surface area (Å²) < 4.78 is 0. The summed E-state index contributed by atoms with van der Waals surface area (Å²) in [5.74, 6) is 6.29. The molecule has 8 nitrogen and oxygen atoms in total. The van der Waals surface area contributed by atoms with Crippen molar-refractivity contribution in [2.75, 3.05) is 40.3 Å². The third kappa shape index (κ3) is 9.30. The Bertz CT molecular complexity index is 809. The molecule has 0 bridgehead atoms. The number of nitrogens with one attached hydrogen (secondary N) is 3. The van der Waals surface area contributed by atoms with E-state index in [4.69, 9.17) is 5.84 Å². The molecule has 0 spiro atoms. The molecule has 2 rings (SSSR count). The number of allylic oxidation sites excluding steroid dienone is 1. The molecular weight excluding hydrogens is 426 g/mol. The van der Waals surface area contributed by atoms with Gasteiger partial charge in [-0.3, -0.25) is 0 Å². The van der Waals surface area contributed by atoms with Crippen LogP contribution in [-0.2, 0) is 6.54 Å². The molecule has 8 heteroatoms. The quantitative estimate of drug-likeness (QED) is 0.0884. The Balaban J connectivity index is 2.14. The van der Waals surface area contributed by atoms with Crippen LogP contribution in [0.1, 0.15) is 43.2 Å². The monoisotopic (exact) mass is 469 g/mol. The summed E-state index contributed by atoms with van der Waals surface area (Å²) in [7, 11) is 3.93. The van der Waals surface area contributed by atoms with Gasteiger partial charge in [0.1, 0.15) is 0 Å². The lowest BCUT2D eigenvalue weighted by molar-refractivity contribution is -0.0221. The SMILES string of the molecule is C=CN=CN/C(CCC1(O)CCN(C)CC1)=C(\c1ccc(CNCCCNC=C)cc1)N(C)N. The molecule has 1 aliphatic rings. The number of nitrogens with two attached hydrogens (primary N) is 1. The summed E-state index contributed by atoms with van der Waals surface area (Å²) in [5, 5.41) is 22.6. The maximum atomic E-state index is 11.1. The van der Waals surface area contributed by atoms with Crippen molar-refractivity contribution in [3.05, 3.63) is 66.6 Å². The average molecular weight is 470 g/mol. The standard InChI is InChI=1S/C26H43N7O/c1-5-28-16-7-17-30-20-22-8-10-23(11-9-22)25(33(4)27)24(31-21-29-6-2)12-13-26(34)14-18-32(3)19-15-26/h5-6,8-11,21,28,30,34H,1-2,7,12-20,27H2,3-4H3,(H,29,31)/b25-24+. The minimum atomic E-state index is -0.663. The van der Waals surface area contributed by atoms with E-state index in [2.05, 4.69) is 70.3 Å². The first-order chi connectivity index (χ1) is 16.4. The number of benzene rings is 1. The molecular formula is C26H43N7O. The number of hydrogen-bond acceptors (Lipinski definition) is 7. The third-order valence-electron chi connectivity index (χ3n) is 6.19. The van der Waals surface area contributed by atoms with Gasteiger partial charge in [0.25, 0.3) is 0 Å². The van der Waals surface area contributed by atoms with E-state index in [1.54, 1.807) is 17.5 Å². The minimum Gasteiger partial charge on any atom is -0.391 e. The molecule has 0 aromatic heterocycles. The Morgan fingerprint density at radius 1 is 1.24 bits per heavy atom. The molecule has 34 heavy (non-hydrogen) atoms. The van der Waals surface area contributed by atoms with Crippen LogP contribution in [0.3, 0.4) is 0 Å². The number of hydrogen-bond donors (Lipinski definition) is 5. The smallest absolute Gasteiger partial charge is 0.0920 e. The zero-order valence-electron chi connectivity index (χ0n) is 20.9. The highest BCUT2D eigenvalue weighted by Gasteiger charge is 2.31. The van der Waals surface area contributed by atoms with Crippen molar-refractivity contribution < 1.29 is 5.11 Å². The second-order valence-corrected chi connectivity index (χ2v) is 8.96. The summed E-state index contributed by atoms with van der Waals surface area (Å²) in [4.78, 5) is 6.35. The van der Waals surface area contributed by atoms with Gasteiger partial charge in [-0.2, -0.15) is 0 Å². The van der Waals surface area contributed by atoms with E-state index in [1.165, 1.54) is 11.8 Å². The first-order valence-electron chi connectivity index (χ1n) is 12.0. The van der Waals surface area contributed by atoms with Gasteiger partial charge in [0.05, 0.1) is 17.6 Å². The zero-order chi connectivity index (χ0) is 24.8. The fraction of sp³-hybridized carbons (Fsp3) is 0.500. The van der Waals surface area contributed by atoms with Gasteiger partial charge < -0.3 is 31.0 Å². The van der Waals surface area contributed by atoms with Crippen LogP contribution in [0.4, 0.5) is 0 Å². The van der Waals surface area contributed by atoms with E-state index < -0.39 is 5.60 Å². The Morgan fingerprint density at radius 2 is 1.94 bits per heavy atom. The van der Waals surface area contributed by atoms with E-state index in [9.17, 15) is 5.11 Å². The summed E-state index contributed by atoms with van der Waals surface area (Å²) in [5.41, 5.74) is 3.35. The maximum absolute atomic E-state index is 11.1. The molecule has 1 fully saturated rings. The lowest BCUT2D eigenvalue weighted by Gasteiger charge is -2.37. The van der Waals surface area contributed by atoms with Gasteiger partial charge in [-0.25, -0.2) is 10.8 Å². The highest BCUT2D eigenvalue weighted by atomic mass is 16.3. The van der Waals surface area contributed by atoms with E-state index in [-0.39, 0.29) is 0 Å². The Labute approximate surface area is 205 Å². The van der Waals surface area contributed by atoms with Crippen LogP contribution < -0.4 is 21.8 Å². The lowest BCUT2D eigenvalue weighted by atomic mass is 9.86. The van der Waals surface area contributed by atoms with Gasteiger partial charge in [0, 0.05) is 50.7 Å². The van der Waals surface area contributed by atoms with Crippen molar-refractivity contribution >= 4 is 12.0 Å². The second kappa shape index (κ2) is 14.6. The molecule has 6 N–H and O–H groups in total. The molecule has 0 radical (unpaired) electrons. The predicted molar refractivity (Wildman–Crippen MR) is 143 cm³/mol. The largest absolute Gasteiger partial charge is 0.391 e. The van der Waals surface area contributed by atoms with Gasteiger partial charge in [-0.05, 0) is 57.5 Å². The Hall–Kier alpha value is -2.65. The van der Waals surface area contributed by atoms with Crippen LogP contribution in [-0.4, -0.2) is 67.2 Å². The number of aliphatic imine (C=N–C) groups is 1. The fourth-order valence-electron chi connectivity index (χ4n) is 4.09. The summed E-state index contributed by atoms with van der Waals surface area (Å²) in [6, 6.07) is 8.42. The molecule has 0 amide bonds. The van der Waals surface area contributed by atoms with Crippen molar-refractivity contribution in [3.63, 3.8) is 0 Å². The van der Waals surface area contributed by atoms with Crippen molar-refractivity contribution in [3.8, 4) is 0 Å². The molecule has 0 unspecified atom stereocenters. The number of piperidine rings is 1. The zero-order valence-corrected chi connectivity index (χ0v) is 20.9. The van der Waals surface area contributed by atoms with E-state index in [1.807, 2.05) is 7.05 Å². The first kappa shape index (κ1) is 27.6. The Kier molecular flexibility index (Phi) is 11.8. The van der Waals surface area contributed by atoms with Crippen LogP contribution in [0.5, 0.6) is 0 Å². The number of rotatable bonds is 15. The number of aliphatic hydroxyl groups is 1. The molecule has 188 valence electrons. The van der Waals surface area contributed by atoms with Crippen LogP contribution in [0.15, 0.2) is 60.5 Å². The van der Waals surface area contributed by atoms with Crippen LogP contribution in [0, 0.1) is 0 Å². The van der Waals surface area contributed by atoms with Crippen LogP contribution >= 0.6 is 0 Å². The van der Waals surface area contributed by atoms with Gasteiger partial charge in [-0.15, -0.1) is 0 Å². The van der Waals surface area contributed by atoms with Crippen LogP contribution in [0.25, 0.3) is 5.70 Å². The summed E-state index contributed by atoms with van der Waals surface area (Å²) >= 11 is 0. The molecule has 1 saturated heterocycles. The highest BCUT2D eigenvalue weighted by molar-refractivity contribution is 5.71. The van der Waals surface area contributed by atoms with Gasteiger partial charge in [-0.1, -0.05) is 37.4 Å². The number of nitrogens with zero attached hydrogens (tertiary/aromatic N) is 3. The van der Waals surface area contributed by atoms with E-state index >= 15 is 0 Å². The lowest BCUT2D eigenvalue weighted by Crippen LogP contribution is -2.43. The molecule has 0 atom stereocenters. The molecule has 1 aromatic carbocycles. The average Bonchev–Trinajstić information content (AvgIpc) is 2.82. The fourth-order valence-corrected chi connectivity index (χ4v) is 4.09. The minimum absolute atomic E-state index is 0.655. The number of likely N-dealkylation sites (tertiary alicyclic amines) is 1. The third-order valence-corrected chi connectivity index (χ3v) is 6.19. The van der Waals surface area contributed by atoms with Gasteiger partial charge >= 0.3 is 0 Å². The summed E-state index contributed by atoms with van der Waals surface area (Å²) in [6.45, 7) is 11.8. The Morgan fingerprint density at radius 3 is 2.56 bits per heavy atom.